The molecule has 5 nitrogen and oxygen atoms in total. The summed E-state index contributed by atoms with van der Waals surface area (Å²) in [6.45, 7) is 0. The van der Waals surface area contributed by atoms with Crippen LogP contribution in [0.3, 0.4) is 0 Å². The Kier molecular flexibility index (Phi) is 4.37. The number of guanidine groups is 1. The molecule has 0 bridgehead atoms. The Balaban J connectivity index is 1.87. The number of hydrogen-bond acceptors (Lipinski definition) is 5. The summed E-state index contributed by atoms with van der Waals surface area (Å²) >= 11 is 0. The molecule has 2 atom stereocenters. The van der Waals surface area contributed by atoms with Crippen LogP contribution in [0.15, 0.2) is 53.5 Å². The Morgan fingerprint density at radius 1 is 1.00 bits per heavy atom. The zero-order valence-corrected chi connectivity index (χ0v) is 13.3. The van der Waals surface area contributed by atoms with Crippen molar-refractivity contribution in [2.45, 2.75) is 18.5 Å². The van der Waals surface area contributed by atoms with Crippen molar-refractivity contribution in [1.82, 2.24) is 5.32 Å². The molecule has 0 aliphatic carbocycles. The molecule has 3 N–H and O–H groups in total. The van der Waals surface area contributed by atoms with E-state index in [4.69, 9.17) is 15.2 Å². The van der Waals surface area contributed by atoms with Crippen LogP contribution in [0.5, 0.6) is 11.5 Å². The number of ether oxygens (including phenoxy) is 2. The third-order valence-corrected chi connectivity index (χ3v) is 4.05. The van der Waals surface area contributed by atoms with Crippen LogP contribution in [0.1, 0.15) is 29.6 Å². The molecule has 0 spiro atoms. The first-order valence-corrected chi connectivity index (χ1v) is 7.57. The maximum Gasteiger partial charge on any atom is 0.189 e. The monoisotopic (exact) mass is 311 g/mol. The van der Waals surface area contributed by atoms with Gasteiger partial charge in [-0.15, -0.1) is 0 Å². The van der Waals surface area contributed by atoms with E-state index in [0.29, 0.717) is 5.96 Å². The van der Waals surface area contributed by atoms with E-state index >= 15 is 0 Å². The molecule has 2 unspecified atom stereocenters. The van der Waals surface area contributed by atoms with Crippen molar-refractivity contribution >= 4 is 5.96 Å². The number of aliphatic imine (C=N–C) groups is 1. The maximum absolute atomic E-state index is 6.01. The fourth-order valence-corrected chi connectivity index (χ4v) is 2.86. The molecule has 5 heteroatoms. The normalized spacial score (nSPS) is 20.3. The van der Waals surface area contributed by atoms with Crippen LogP contribution in [0.2, 0.25) is 0 Å². The van der Waals surface area contributed by atoms with E-state index in [1.54, 1.807) is 14.2 Å². The lowest BCUT2D eigenvalue weighted by atomic mass is 9.93. The largest absolute Gasteiger partial charge is 0.497 e. The fraction of sp³-hybridized carbons (Fsp3) is 0.278. The van der Waals surface area contributed by atoms with E-state index in [0.717, 1.165) is 29.0 Å². The molecule has 120 valence electrons. The summed E-state index contributed by atoms with van der Waals surface area (Å²) in [6.07, 6.45) is 0.820. The maximum atomic E-state index is 6.01. The Hall–Kier alpha value is -2.69. The second kappa shape index (κ2) is 6.60. The zero-order chi connectivity index (χ0) is 16.2. The molecule has 0 radical (unpaired) electrons. The van der Waals surface area contributed by atoms with Crippen molar-refractivity contribution in [3.63, 3.8) is 0 Å². The molecular formula is C18H21N3O2. The van der Waals surface area contributed by atoms with Crippen molar-refractivity contribution in [1.29, 1.82) is 0 Å². The van der Waals surface area contributed by atoms with Gasteiger partial charge in [0.05, 0.1) is 26.3 Å². The number of nitrogens with one attached hydrogen (secondary N) is 1. The van der Waals surface area contributed by atoms with Crippen LogP contribution in [-0.2, 0) is 0 Å². The summed E-state index contributed by atoms with van der Waals surface area (Å²) in [5, 5.41) is 3.25. The average Bonchev–Trinajstić information content (AvgIpc) is 2.61. The van der Waals surface area contributed by atoms with Crippen LogP contribution >= 0.6 is 0 Å². The number of nitrogens with zero attached hydrogens (tertiary/aromatic N) is 1. The van der Waals surface area contributed by atoms with E-state index in [-0.39, 0.29) is 12.1 Å². The van der Waals surface area contributed by atoms with Gasteiger partial charge in [0.15, 0.2) is 5.96 Å². The molecule has 23 heavy (non-hydrogen) atoms. The van der Waals surface area contributed by atoms with Gasteiger partial charge in [-0.1, -0.05) is 24.3 Å². The summed E-state index contributed by atoms with van der Waals surface area (Å²) in [4.78, 5) is 4.54. The zero-order valence-electron chi connectivity index (χ0n) is 13.3. The summed E-state index contributed by atoms with van der Waals surface area (Å²) in [6, 6.07) is 16.1. The third-order valence-electron chi connectivity index (χ3n) is 4.05. The van der Waals surface area contributed by atoms with E-state index < -0.39 is 0 Å². The highest BCUT2D eigenvalue weighted by Crippen LogP contribution is 2.34. The van der Waals surface area contributed by atoms with Crippen LogP contribution in [0, 0.1) is 0 Å². The lowest BCUT2D eigenvalue weighted by Gasteiger charge is -2.29. The van der Waals surface area contributed by atoms with E-state index in [1.165, 1.54) is 0 Å². The minimum absolute atomic E-state index is 0.00236. The number of benzene rings is 2. The molecule has 0 aromatic heterocycles. The highest BCUT2D eigenvalue weighted by Gasteiger charge is 2.25. The first kappa shape index (κ1) is 15.2. The molecule has 1 aliphatic rings. The molecule has 0 saturated carbocycles. The van der Waals surface area contributed by atoms with Crippen LogP contribution in [0.4, 0.5) is 0 Å². The first-order chi connectivity index (χ1) is 11.2. The summed E-state index contributed by atoms with van der Waals surface area (Å²) in [5.74, 6) is 2.12. The predicted octanol–water partition coefficient (Wildman–Crippen LogP) is 2.79. The van der Waals surface area contributed by atoms with Crippen molar-refractivity contribution in [3.8, 4) is 11.5 Å². The Bertz CT molecular complexity index is 715. The van der Waals surface area contributed by atoms with Gasteiger partial charge < -0.3 is 20.5 Å². The predicted molar refractivity (Wildman–Crippen MR) is 90.8 cm³/mol. The van der Waals surface area contributed by atoms with Crippen LogP contribution in [0.25, 0.3) is 0 Å². The topological polar surface area (TPSA) is 68.9 Å². The molecule has 1 heterocycles. The standard InChI is InChI=1S/C18H21N3O2/c1-22-14-7-3-5-12(9-14)16-11-17(21-18(19)20-16)13-6-4-8-15(10-13)23-2/h3-10,16-17H,11H2,1-2H3,(H3,19,20,21). The molecule has 0 amide bonds. The summed E-state index contributed by atoms with van der Waals surface area (Å²) in [7, 11) is 3.33. The second-order valence-electron chi connectivity index (χ2n) is 5.52. The summed E-state index contributed by atoms with van der Waals surface area (Å²) < 4.78 is 10.6. The third kappa shape index (κ3) is 3.39. The van der Waals surface area contributed by atoms with Gasteiger partial charge in [-0.3, -0.25) is 0 Å². The molecule has 1 aliphatic heterocycles. The van der Waals surface area contributed by atoms with E-state index in [1.807, 2.05) is 36.4 Å². The molecular weight excluding hydrogens is 290 g/mol. The highest BCUT2D eigenvalue weighted by molar-refractivity contribution is 5.79. The minimum atomic E-state index is 0.00236. The smallest absolute Gasteiger partial charge is 0.189 e. The minimum Gasteiger partial charge on any atom is -0.497 e. The number of methoxy groups -OCH3 is 2. The number of rotatable bonds is 4. The van der Waals surface area contributed by atoms with Gasteiger partial charge in [0.25, 0.3) is 0 Å². The molecule has 0 saturated heterocycles. The number of hydrogen-bond donors (Lipinski definition) is 2. The van der Waals surface area contributed by atoms with E-state index in [2.05, 4.69) is 22.4 Å². The van der Waals surface area contributed by atoms with Crippen molar-refractivity contribution < 1.29 is 9.47 Å². The molecule has 2 aromatic rings. The lowest BCUT2D eigenvalue weighted by Crippen LogP contribution is -2.39. The van der Waals surface area contributed by atoms with Crippen LogP contribution < -0.4 is 20.5 Å². The second-order valence-corrected chi connectivity index (χ2v) is 5.52. The van der Waals surface area contributed by atoms with Gasteiger partial charge in [-0.25, -0.2) is 4.99 Å². The van der Waals surface area contributed by atoms with Gasteiger partial charge in [-0.05, 0) is 41.8 Å². The lowest BCUT2D eigenvalue weighted by molar-refractivity contribution is 0.410. The van der Waals surface area contributed by atoms with Crippen molar-refractivity contribution in [3.05, 3.63) is 59.7 Å². The first-order valence-electron chi connectivity index (χ1n) is 7.57. The Morgan fingerprint density at radius 2 is 1.61 bits per heavy atom. The van der Waals surface area contributed by atoms with Crippen molar-refractivity contribution in [2.75, 3.05) is 14.2 Å². The van der Waals surface area contributed by atoms with Gasteiger partial charge in [-0.2, -0.15) is 0 Å². The summed E-state index contributed by atoms with van der Waals surface area (Å²) in [5.41, 5.74) is 8.24. The molecule has 0 fully saturated rings. The number of nitrogens with two attached hydrogens (primary N) is 1. The fourth-order valence-electron chi connectivity index (χ4n) is 2.86. The molecule has 2 aromatic carbocycles. The van der Waals surface area contributed by atoms with Gasteiger partial charge in [0, 0.05) is 0 Å². The molecule has 3 rings (SSSR count). The SMILES string of the molecule is COc1cccc(C2CC(c3cccc(OC)c3)NC(N)=N2)c1. The Labute approximate surface area is 136 Å². The van der Waals surface area contributed by atoms with E-state index in [9.17, 15) is 0 Å². The highest BCUT2D eigenvalue weighted by atomic mass is 16.5. The van der Waals surface area contributed by atoms with Crippen molar-refractivity contribution in [2.24, 2.45) is 10.7 Å². The average molecular weight is 311 g/mol. The Morgan fingerprint density at radius 3 is 2.26 bits per heavy atom. The van der Waals surface area contributed by atoms with Gasteiger partial charge >= 0.3 is 0 Å². The quantitative estimate of drug-likeness (QED) is 0.911. The van der Waals surface area contributed by atoms with Gasteiger partial charge in [0.1, 0.15) is 11.5 Å². The van der Waals surface area contributed by atoms with Gasteiger partial charge in [0.2, 0.25) is 0 Å². The van der Waals surface area contributed by atoms with Crippen LogP contribution in [-0.4, -0.2) is 20.2 Å².